The molecule has 0 radical (unpaired) electrons. The molecule has 0 amide bonds. The zero-order valence-electron chi connectivity index (χ0n) is 11.6. The van der Waals surface area contributed by atoms with Crippen molar-refractivity contribution in [3.8, 4) is 0 Å². The van der Waals surface area contributed by atoms with Crippen LogP contribution in [0.15, 0.2) is 47.6 Å². The van der Waals surface area contributed by atoms with Gasteiger partial charge in [-0.25, -0.2) is 9.59 Å². The predicted octanol–water partition coefficient (Wildman–Crippen LogP) is 2.31. The van der Waals surface area contributed by atoms with Crippen molar-refractivity contribution in [2.75, 3.05) is 12.5 Å². The molecule has 1 atom stereocenters. The first-order valence-corrected chi connectivity index (χ1v) is 6.42. The summed E-state index contributed by atoms with van der Waals surface area (Å²) in [5.74, 6) is -1.64. The molecule has 0 saturated carbocycles. The number of nitrogens with one attached hydrogen (secondary N) is 1. The summed E-state index contributed by atoms with van der Waals surface area (Å²) in [6.45, 7) is 1.68. The largest absolute Gasteiger partial charge is 0.466 e. The fourth-order valence-corrected chi connectivity index (χ4v) is 1.38. The third-order valence-electron chi connectivity index (χ3n) is 2.26. The van der Waals surface area contributed by atoms with Crippen LogP contribution in [0.3, 0.4) is 0 Å². The van der Waals surface area contributed by atoms with Crippen molar-refractivity contribution in [1.29, 1.82) is 0 Å². The summed E-state index contributed by atoms with van der Waals surface area (Å²) in [6, 6.07) is 8.92. The lowest BCUT2D eigenvalue weighted by molar-refractivity contribution is -0.158. The van der Waals surface area contributed by atoms with E-state index in [1.807, 2.05) is 6.07 Å². The average Bonchev–Trinajstić information content (AvgIpc) is 2.52. The number of hydrogen-bond acceptors (Lipinski definition) is 6. The van der Waals surface area contributed by atoms with Gasteiger partial charge >= 0.3 is 11.9 Å². The van der Waals surface area contributed by atoms with Gasteiger partial charge < -0.3 is 9.47 Å². The maximum absolute atomic E-state index is 11.7. The number of hydrogen-bond donors (Lipinski definition) is 1. The first-order chi connectivity index (χ1) is 10.1. The molecule has 0 aliphatic heterocycles. The van der Waals surface area contributed by atoms with Gasteiger partial charge in [0.2, 0.25) is 11.3 Å². The Morgan fingerprint density at radius 3 is 2.57 bits per heavy atom. The maximum atomic E-state index is 11.7. The number of carbonyl (C=O) groups is 2. The van der Waals surface area contributed by atoms with Crippen LogP contribution >= 0.6 is 11.6 Å². The standard InChI is InChI=1S/C14H15ClN2O4/c1-3-7-11(13(18)20-2)21-14(19)12(15)17-16-10-8-5-4-6-9-10/h3-9,11,16H,1-2H3/b7-3+,17-12-. The summed E-state index contributed by atoms with van der Waals surface area (Å²) in [7, 11) is 1.19. The van der Waals surface area contributed by atoms with Gasteiger partial charge in [0, 0.05) is 0 Å². The number of allylic oxidation sites excluding steroid dienone is 1. The van der Waals surface area contributed by atoms with Gasteiger partial charge in [-0.2, -0.15) is 5.10 Å². The van der Waals surface area contributed by atoms with E-state index in [2.05, 4.69) is 15.3 Å². The molecule has 1 unspecified atom stereocenters. The van der Waals surface area contributed by atoms with Gasteiger partial charge in [-0.15, -0.1) is 0 Å². The molecule has 21 heavy (non-hydrogen) atoms. The van der Waals surface area contributed by atoms with E-state index in [1.165, 1.54) is 13.2 Å². The minimum absolute atomic E-state index is 0.433. The molecule has 0 spiro atoms. The molecule has 6 nitrogen and oxygen atoms in total. The summed E-state index contributed by atoms with van der Waals surface area (Å²) in [5.41, 5.74) is 3.25. The molecule has 112 valence electrons. The Morgan fingerprint density at radius 2 is 2.00 bits per heavy atom. The van der Waals surface area contributed by atoms with Gasteiger partial charge in [0.15, 0.2) is 0 Å². The first kappa shape index (κ1) is 16.7. The van der Waals surface area contributed by atoms with Gasteiger partial charge in [0.05, 0.1) is 12.8 Å². The van der Waals surface area contributed by atoms with Crippen LogP contribution in [0.4, 0.5) is 5.69 Å². The molecule has 0 aliphatic carbocycles. The van der Waals surface area contributed by atoms with E-state index in [-0.39, 0.29) is 0 Å². The topological polar surface area (TPSA) is 77.0 Å². The molecule has 0 aromatic heterocycles. The van der Waals surface area contributed by atoms with Crippen molar-refractivity contribution in [3.05, 3.63) is 42.5 Å². The second kappa shape index (κ2) is 8.76. The molecule has 1 rings (SSSR count). The lowest BCUT2D eigenvalue weighted by atomic mass is 10.3. The highest BCUT2D eigenvalue weighted by Gasteiger charge is 2.23. The van der Waals surface area contributed by atoms with Crippen molar-refractivity contribution in [3.63, 3.8) is 0 Å². The van der Waals surface area contributed by atoms with E-state index in [9.17, 15) is 9.59 Å². The molecule has 1 N–H and O–H groups in total. The highest BCUT2D eigenvalue weighted by molar-refractivity contribution is 6.82. The zero-order valence-corrected chi connectivity index (χ0v) is 12.3. The summed E-state index contributed by atoms with van der Waals surface area (Å²) in [4.78, 5) is 23.1. The molecule has 0 fully saturated rings. The van der Waals surface area contributed by atoms with Crippen molar-refractivity contribution < 1.29 is 19.1 Å². The van der Waals surface area contributed by atoms with Gasteiger partial charge in [-0.3, -0.25) is 5.43 Å². The molecule has 0 saturated heterocycles. The van der Waals surface area contributed by atoms with Crippen molar-refractivity contribution in [2.24, 2.45) is 5.10 Å². The summed E-state index contributed by atoms with van der Waals surface area (Å²) in [6.07, 6.45) is 1.77. The summed E-state index contributed by atoms with van der Waals surface area (Å²) < 4.78 is 9.40. The molecule has 1 aromatic carbocycles. The minimum Gasteiger partial charge on any atom is -0.466 e. The number of carbonyl (C=O) groups excluding carboxylic acids is 2. The van der Waals surface area contributed by atoms with Crippen LogP contribution in [0, 0.1) is 0 Å². The van der Waals surface area contributed by atoms with E-state index in [1.54, 1.807) is 37.3 Å². The Hall–Kier alpha value is -2.34. The number of hydrazone groups is 1. The second-order valence-electron chi connectivity index (χ2n) is 3.76. The van der Waals surface area contributed by atoms with Crippen LogP contribution in [0.2, 0.25) is 0 Å². The smallest absolute Gasteiger partial charge is 0.371 e. The Bertz CT molecular complexity index is 543. The van der Waals surface area contributed by atoms with Crippen molar-refractivity contribution >= 4 is 34.4 Å². The second-order valence-corrected chi connectivity index (χ2v) is 4.11. The molecular weight excluding hydrogens is 296 g/mol. The molecular formula is C14H15ClN2O4. The Morgan fingerprint density at radius 1 is 1.33 bits per heavy atom. The van der Waals surface area contributed by atoms with Crippen LogP contribution in [0.5, 0.6) is 0 Å². The molecule has 0 bridgehead atoms. The predicted molar refractivity (Wildman–Crippen MR) is 80.1 cm³/mol. The first-order valence-electron chi connectivity index (χ1n) is 6.04. The van der Waals surface area contributed by atoms with Crippen LogP contribution in [0.25, 0.3) is 0 Å². The van der Waals surface area contributed by atoms with Crippen molar-refractivity contribution in [2.45, 2.75) is 13.0 Å². The van der Waals surface area contributed by atoms with Gasteiger partial charge in [-0.1, -0.05) is 35.9 Å². The van der Waals surface area contributed by atoms with E-state index in [0.717, 1.165) is 0 Å². The quantitative estimate of drug-likeness (QED) is 0.377. The van der Waals surface area contributed by atoms with Crippen LogP contribution in [0.1, 0.15) is 6.92 Å². The molecule has 0 aliphatic rings. The zero-order chi connectivity index (χ0) is 15.7. The lowest BCUT2D eigenvalue weighted by Crippen LogP contribution is -2.29. The number of rotatable bonds is 6. The van der Waals surface area contributed by atoms with Gasteiger partial charge in [0.25, 0.3) is 0 Å². The van der Waals surface area contributed by atoms with Gasteiger partial charge in [0.1, 0.15) is 0 Å². The third-order valence-corrected chi connectivity index (χ3v) is 2.50. The van der Waals surface area contributed by atoms with Crippen LogP contribution in [-0.4, -0.2) is 30.3 Å². The molecule has 0 heterocycles. The average molecular weight is 311 g/mol. The Labute approximate surface area is 127 Å². The lowest BCUT2D eigenvalue weighted by Gasteiger charge is -2.11. The van der Waals surface area contributed by atoms with E-state index < -0.39 is 23.2 Å². The molecule has 7 heteroatoms. The fourth-order valence-electron chi connectivity index (χ4n) is 1.29. The number of anilines is 1. The van der Waals surface area contributed by atoms with E-state index >= 15 is 0 Å². The number of para-hydroxylation sites is 1. The Balaban J connectivity index is 2.66. The van der Waals surface area contributed by atoms with Gasteiger partial charge in [-0.05, 0) is 25.1 Å². The monoisotopic (exact) mass is 310 g/mol. The number of esters is 2. The summed E-state index contributed by atoms with van der Waals surface area (Å²) >= 11 is 5.71. The number of methoxy groups -OCH3 is 1. The maximum Gasteiger partial charge on any atom is 0.371 e. The van der Waals surface area contributed by atoms with E-state index in [4.69, 9.17) is 16.3 Å². The third kappa shape index (κ3) is 5.66. The molecule has 1 aromatic rings. The van der Waals surface area contributed by atoms with Crippen LogP contribution < -0.4 is 5.43 Å². The highest BCUT2D eigenvalue weighted by Crippen LogP contribution is 2.06. The number of halogens is 1. The highest BCUT2D eigenvalue weighted by atomic mass is 35.5. The normalized spacial score (nSPS) is 12.8. The van der Waals surface area contributed by atoms with E-state index in [0.29, 0.717) is 5.69 Å². The minimum atomic E-state index is -1.16. The number of benzene rings is 1. The number of ether oxygens (including phenoxy) is 2. The summed E-state index contributed by atoms with van der Waals surface area (Å²) in [5, 5.41) is 3.24. The Kier molecular flexibility index (Phi) is 6.97. The fraction of sp³-hybridized carbons (Fsp3) is 0.214. The SMILES string of the molecule is C/C=C/C(OC(=O)/C(Cl)=N/Nc1ccccc1)C(=O)OC. The van der Waals surface area contributed by atoms with Crippen LogP contribution in [-0.2, 0) is 19.1 Å². The number of nitrogens with zero attached hydrogens (tertiary/aromatic N) is 1. The van der Waals surface area contributed by atoms with Crippen molar-refractivity contribution in [1.82, 2.24) is 0 Å².